The SMILES string of the molecule is COc1cc(C(C)=O)ccc1OCc1ncon1. The van der Waals surface area contributed by atoms with E-state index in [9.17, 15) is 4.79 Å². The van der Waals surface area contributed by atoms with Crippen LogP contribution >= 0.6 is 0 Å². The third-order valence-corrected chi connectivity index (χ3v) is 2.33. The van der Waals surface area contributed by atoms with Crippen LogP contribution in [0.3, 0.4) is 0 Å². The number of Topliss-reactive ketones (excluding diaryl/α,β-unsaturated/α-hetero) is 1. The Balaban J connectivity index is 2.14. The first-order valence-corrected chi connectivity index (χ1v) is 5.27. The highest BCUT2D eigenvalue weighted by atomic mass is 16.5. The van der Waals surface area contributed by atoms with E-state index in [1.807, 2.05) is 0 Å². The van der Waals surface area contributed by atoms with Crippen LogP contribution < -0.4 is 9.47 Å². The predicted octanol–water partition coefficient (Wildman–Crippen LogP) is 1.86. The second-order valence-electron chi connectivity index (χ2n) is 3.56. The van der Waals surface area contributed by atoms with E-state index < -0.39 is 0 Å². The fourth-order valence-corrected chi connectivity index (χ4v) is 1.40. The Morgan fingerprint density at radius 1 is 1.39 bits per heavy atom. The van der Waals surface area contributed by atoms with Gasteiger partial charge in [0.1, 0.15) is 0 Å². The van der Waals surface area contributed by atoms with Crippen LogP contribution in [0.1, 0.15) is 23.1 Å². The van der Waals surface area contributed by atoms with Crippen LogP contribution in [0.5, 0.6) is 11.5 Å². The average Bonchev–Trinajstić information content (AvgIpc) is 2.89. The van der Waals surface area contributed by atoms with Crippen molar-refractivity contribution in [2.24, 2.45) is 0 Å². The van der Waals surface area contributed by atoms with E-state index in [0.29, 0.717) is 22.9 Å². The third kappa shape index (κ3) is 2.65. The zero-order valence-electron chi connectivity index (χ0n) is 10.0. The molecule has 0 aliphatic rings. The van der Waals surface area contributed by atoms with Crippen LogP contribution in [-0.2, 0) is 6.61 Å². The average molecular weight is 248 g/mol. The summed E-state index contributed by atoms with van der Waals surface area (Å²) in [5.41, 5.74) is 0.568. The minimum Gasteiger partial charge on any atom is -0.493 e. The maximum Gasteiger partial charge on any atom is 0.213 e. The van der Waals surface area contributed by atoms with Crippen LogP contribution in [0.15, 0.2) is 29.1 Å². The third-order valence-electron chi connectivity index (χ3n) is 2.33. The van der Waals surface area contributed by atoms with Crippen molar-refractivity contribution in [2.75, 3.05) is 7.11 Å². The van der Waals surface area contributed by atoms with Crippen LogP contribution in [-0.4, -0.2) is 23.0 Å². The molecule has 0 fully saturated rings. The number of hydrogen-bond acceptors (Lipinski definition) is 6. The zero-order valence-corrected chi connectivity index (χ0v) is 10.0. The van der Waals surface area contributed by atoms with Crippen molar-refractivity contribution in [3.8, 4) is 11.5 Å². The standard InChI is InChI=1S/C12H12N2O4/c1-8(15)9-3-4-10(11(5-9)16-2)17-6-12-13-7-18-14-12/h3-5,7H,6H2,1-2H3. The molecule has 1 heterocycles. The number of methoxy groups -OCH3 is 1. The number of benzene rings is 1. The number of rotatable bonds is 5. The van der Waals surface area contributed by atoms with Gasteiger partial charge >= 0.3 is 0 Å². The lowest BCUT2D eigenvalue weighted by Gasteiger charge is -2.10. The Bertz CT molecular complexity index is 537. The molecule has 6 heteroatoms. The smallest absolute Gasteiger partial charge is 0.213 e. The predicted molar refractivity (Wildman–Crippen MR) is 61.6 cm³/mol. The zero-order chi connectivity index (χ0) is 13.0. The van der Waals surface area contributed by atoms with Gasteiger partial charge in [-0.25, -0.2) is 0 Å². The van der Waals surface area contributed by atoms with Gasteiger partial charge in [-0.1, -0.05) is 5.16 Å². The lowest BCUT2D eigenvalue weighted by Crippen LogP contribution is -2.01. The fourth-order valence-electron chi connectivity index (χ4n) is 1.40. The Hall–Kier alpha value is -2.37. The summed E-state index contributed by atoms with van der Waals surface area (Å²) in [6.45, 7) is 1.67. The van der Waals surface area contributed by atoms with E-state index in [1.165, 1.54) is 20.4 Å². The van der Waals surface area contributed by atoms with Gasteiger partial charge in [0, 0.05) is 5.56 Å². The molecule has 0 spiro atoms. The molecule has 1 aromatic carbocycles. The topological polar surface area (TPSA) is 74.5 Å². The molecule has 0 amide bonds. The van der Waals surface area contributed by atoms with Crippen LogP contribution in [0.2, 0.25) is 0 Å². The molecule has 0 atom stereocenters. The molecule has 0 bridgehead atoms. The molecule has 1 aromatic heterocycles. The maximum atomic E-state index is 11.2. The summed E-state index contributed by atoms with van der Waals surface area (Å²) in [6, 6.07) is 4.99. The van der Waals surface area contributed by atoms with Crippen molar-refractivity contribution < 1.29 is 18.8 Å². The highest BCUT2D eigenvalue weighted by Crippen LogP contribution is 2.28. The van der Waals surface area contributed by atoms with Crippen molar-refractivity contribution in [2.45, 2.75) is 13.5 Å². The molecule has 0 radical (unpaired) electrons. The molecule has 6 nitrogen and oxygen atoms in total. The van der Waals surface area contributed by atoms with Gasteiger partial charge in [-0.05, 0) is 25.1 Å². The molecule has 0 aliphatic carbocycles. The Labute approximate surface area is 104 Å². The number of carbonyl (C=O) groups is 1. The largest absolute Gasteiger partial charge is 0.493 e. The minimum atomic E-state index is -0.0296. The van der Waals surface area contributed by atoms with Crippen LogP contribution in [0.25, 0.3) is 0 Å². The van der Waals surface area contributed by atoms with Gasteiger partial charge in [0.25, 0.3) is 0 Å². The molecular weight excluding hydrogens is 236 g/mol. The minimum absolute atomic E-state index is 0.0296. The quantitative estimate of drug-likeness (QED) is 0.752. The monoisotopic (exact) mass is 248 g/mol. The van der Waals surface area contributed by atoms with Crippen molar-refractivity contribution in [1.29, 1.82) is 0 Å². The summed E-state index contributed by atoms with van der Waals surface area (Å²) in [7, 11) is 1.51. The second kappa shape index (κ2) is 5.31. The highest BCUT2D eigenvalue weighted by molar-refractivity contribution is 5.94. The first kappa shape index (κ1) is 12.1. The maximum absolute atomic E-state index is 11.2. The van der Waals surface area contributed by atoms with E-state index in [1.54, 1.807) is 18.2 Å². The second-order valence-corrected chi connectivity index (χ2v) is 3.56. The van der Waals surface area contributed by atoms with Gasteiger partial charge in [0.05, 0.1) is 7.11 Å². The fraction of sp³-hybridized carbons (Fsp3) is 0.250. The first-order valence-electron chi connectivity index (χ1n) is 5.27. The number of nitrogens with zero attached hydrogens (tertiary/aromatic N) is 2. The summed E-state index contributed by atoms with van der Waals surface area (Å²) >= 11 is 0. The van der Waals surface area contributed by atoms with Gasteiger partial charge < -0.3 is 14.0 Å². The molecule has 0 saturated heterocycles. The summed E-state index contributed by atoms with van der Waals surface area (Å²) in [6.07, 6.45) is 1.23. The van der Waals surface area contributed by atoms with Crippen LogP contribution in [0, 0.1) is 0 Å². The lowest BCUT2D eigenvalue weighted by molar-refractivity contribution is 0.101. The van der Waals surface area contributed by atoms with Gasteiger partial charge in [0.2, 0.25) is 12.2 Å². The van der Waals surface area contributed by atoms with Gasteiger partial charge in [-0.3, -0.25) is 4.79 Å². The van der Waals surface area contributed by atoms with E-state index in [2.05, 4.69) is 14.7 Å². The normalized spacial score (nSPS) is 10.1. The summed E-state index contributed by atoms with van der Waals surface area (Å²) in [4.78, 5) is 15.1. The first-order chi connectivity index (χ1) is 8.70. The van der Waals surface area contributed by atoms with Gasteiger partial charge in [0.15, 0.2) is 23.9 Å². The molecule has 0 aliphatic heterocycles. The van der Waals surface area contributed by atoms with E-state index in [0.717, 1.165) is 0 Å². The molecule has 0 N–H and O–H groups in total. The molecule has 0 saturated carbocycles. The van der Waals surface area contributed by atoms with Gasteiger partial charge in [-0.15, -0.1) is 0 Å². The van der Waals surface area contributed by atoms with E-state index in [-0.39, 0.29) is 12.4 Å². The lowest BCUT2D eigenvalue weighted by atomic mass is 10.1. The van der Waals surface area contributed by atoms with Crippen LogP contribution in [0.4, 0.5) is 0 Å². The van der Waals surface area contributed by atoms with Crippen molar-refractivity contribution >= 4 is 5.78 Å². The molecular formula is C12H12N2O4. The Morgan fingerprint density at radius 2 is 2.22 bits per heavy atom. The molecule has 2 rings (SSSR count). The van der Waals surface area contributed by atoms with Crippen molar-refractivity contribution in [1.82, 2.24) is 10.1 Å². The van der Waals surface area contributed by atoms with Crippen molar-refractivity contribution in [3.05, 3.63) is 36.0 Å². The number of hydrogen-bond donors (Lipinski definition) is 0. The number of ether oxygens (including phenoxy) is 2. The Morgan fingerprint density at radius 3 is 2.83 bits per heavy atom. The molecule has 2 aromatic rings. The Kier molecular flexibility index (Phi) is 3.57. The van der Waals surface area contributed by atoms with E-state index in [4.69, 9.17) is 9.47 Å². The number of carbonyl (C=O) groups excluding carboxylic acids is 1. The van der Waals surface area contributed by atoms with Gasteiger partial charge in [-0.2, -0.15) is 4.98 Å². The summed E-state index contributed by atoms with van der Waals surface area (Å²) in [5, 5.41) is 3.63. The number of ketones is 1. The number of aromatic nitrogens is 2. The molecule has 0 unspecified atom stereocenters. The van der Waals surface area contributed by atoms with E-state index >= 15 is 0 Å². The molecule has 18 heavy (non-hydrogen) atoms. The highest BCUT2D eigenvalue weighted by Gasteiger charge is 2.09. The summed E-state index contributed by atoms with van der Waals surface area (Å²) < 4.78 is 15.2. The summed E-state index contributed by atoms with van der Waals surface area (Å²) in [5.74, 6) is 1.42. The molecule has 94 valence electrons. The van der Waals surface area contributed by atoms with Crippen molar-refractivity contribution in [3.63, 3.8) is 0 Å².